The van der Waals surface area contributed by atoms with E-state index < -0.39 is 12.0 Å². The normalized spacial score (nSPS) is 18.1. The summed E-state index contributed by atoms with van der Waals surface area (Å²) < 4.78 is 41.3. The van der Waals surface area contributed by atoms with Crippen LogP contribution in [0.3, 0.4) is 0 Å². The van der Waals surface area contributed by atoms with Gasteiger partial charge in [-0.25, -0.2) is 0 Å². The van der Waals surface area contributed by atoms with Crippen LogP contribution in [0.5, 0.6) is 0 Å². The molecule has 3 rings (SSSR count). The zero-order chi connectivity index (χ0) is 15.0. The van der Waals surface area contributed by atoms with E-state index in [1.54, 1.807) is 4.90 Å². The average Bonchev–Trinajstić information content (AvgIpc) is 3.04. The van der Waals surface area contributed by atoms with Crippen LogP contribution in [-0.2, 0) is 6.18 Å². The fourth-order valence-corrected chi connectivity index (χ4v) is 3.28. The van der Waals surface area contributed by atoms with E-state index in [0.29, 0.717) is 13.1 Å². The molecular formula is C13H13F3N4S. The molecule has 2 N–H and O–H groups in total. The number of fused-ring (bicyclic) bond motifs is 1. The summed E-state index contributed by atoms with van der Waals surface area (Å²) in [6.45, 7) is 1.12. The first-order chi connectivity index (χ1) is 10.0. The van der Waals surface area contributed by atoms with Crippen LogP contribution < -0.4 is 10.6 Å². The maximum absolute atomic E-state index is 12.6. The smallest absolute Gasteiger partial charge is 0.330 e. The van der Waals surface area contributed by atoms with Crippen molar-refractivity contribution in [1.82, 2.24) is 9.36 Å². The molecule has 2 heterocycles. The van der Waals surface area contributed by atoms with Crippen molar-refractivity contribution in [3.63, 3.8) is 0 Å². The van der Waals surface area contributed by atoms with Crippen molar-refractivity contribution in [3.8, 4) is 0 Å². The van der Waals surface area contributed by atoms with E-state index in [-0.39, 0.29) is 11.0 Å². The number of hydrogen-bond donors (Lipinski definition) is 1. The van der Waals surface area contributed by atoms with E-state index in [9.17, 15) is 13.2 Å². The Morgan fingerprint density at radius 3 is 2.76 bits per heavy atom. The number of nitrogens with two attached hydrogens (primary N) is 1. The zero-order valence-electron chi connectivity index (χ0n) is 11.0. The van der Waals surface area contributed by atoms with Crippen molar-refractivity contribution in [1.29, 1.82) is 0 Å². The van der Waals surface area contributed by atoms with Gasteiger partial charge in [-0.3, -0.25) is 0 Å². The molecule has 0 fully saturated rings. The molecule has 112 valence electrons. The van der Waals surface area contributed by atoms with Crippen LogP contribution in [0, 0.1) is 0 Å². The van der Waals surface area contributed by atoms with Crippen molar-refractivity contribution in [3.05, 3.63) is 35.7 Å². The zero-order valence-corrected chi connectivity index (χ0v) is 11.8. The quantitative estimate of drug-likeness (QED) is 0.945. The van der Waals surface area contributed by atoms with E-state index in [1.807, 2.05) is 24.3 Å². The molecule has 0 aliphatic carbocycles. The minimum atomic E-state index is -4.51. The van der Waals surface area contributed by atoms with Crippen LogP contribution in [0.15, 0.2) is 24.3 Å². The largest absolute Gasteiger partial charge is 0.452 e. The summed E-state index contributed by atoms with van der Waals surface area (Å²) in [5.74, 6) is -0.869. The number of nitrogens with zero attached hydrogens (tertiary/aromatic N) is 3. The second kappa shape index (κ2) is 5.27. The Labute approximate surface area is 123 Å². The fourth-order valence-electron chi connectivity index (χ4n) is 2.57. The van der Waals surface area contributed by atoms with Gasteiger partial charge in [0.1, 0.15) is 0 Å². The molecule has 1 unspecified atom stereocenters. The lowest BCUT2D eigenvalue weighted by Gasteiger charge is -2.15. The van der Waals surface area contributed by atoms with Crippen molar-refractivity contribution in [2.24, 2.45) is 5.73 Å². The molecule has 2 aromatic rings. The summed E-state index contributed by atoms with van der Waals surface area (Å²) in [5.41, 5.74) is 7.61. The lowest BCUT2D eigenvalue weighted by Crippen LogP contribution is -2.17. The topological polar surface area (TPSA) is 55.0 Å². The average molecular weight is 314 g/mol. The predicted octanol–water partition coefficient (Wildman–Crippen LogP) is 3.14. The third kappa shape index (κ3) is 2.60. The number of alkyl halides is 3. The van der Waals surface area contributed by atoms with E-state index in [2.05, 4.69) is 9.36 Å². The third-order valence-corrected chi connectivity index (χ3v) is 4.22. The molecule has 8 heteroatoms. The van der Waals surface area contributed by atoms with Gasteiger partial charge in [0.2, 0.25) is 11.0 Å². The molecule has 0 amide bonds. The van der Waals surface area contributed by atoms with Crippen molar-refractivity contribution < 1.29 is 13.2 Å². The first kappa shape index (κ1) is 14.3. The highest BCUT2D eigenvalue weighted by molar-refractivity contribution is 7.09. The maximum Gasteiger partial charge on any atom is 0.452 e. The summed E-state index contributed by atoms with van der Waals surface area (Å²) in [7, 11) is 0. The van der Waals surface area contributed by atoms with Crippen LogP contribution >= 0.6 is 11.5 Å². The van der Waals surface area contributed by atoms with Gasteiger partial charge in [0.15, 0.2) is 0 Å². The Balaban J connectivity index is 1.95. The van der Waals surface area contributed by atoms with Gasteiger partial charge < -0.3 is 10.6 Å². The molecule has 0 bridgehead atoms. The molecule has 0 saturated carbocycles. The van der Waals surface area contributed by atoms with Gasteiger partial charge in [-0.2, -0.15) is 22.5 Å². The third-order valence-electron chi connectivity index (χ3n) is 3.49. The van der Waals surface area contributed by atoms with Crippen LogP contribution in [0.1, 0.15) is 23.7 Å². The van der Waals surface area contributed by atoms with Crippen molar-refractivity contribution in [2.75, 3.05) is 18.0 Å². The van der Waals surface area contributed by atoms with E-state index in [4.69, 9.17) is 5.73 Å². The highest BCUT2D eigenvalue weighted by Gasteiger charge is 2.38. The van der Waals surface area contributed by atoms with Gasteiger partial charge in [0.05, 0.1) is 0 Å². The number of halogens is 3. The summed E-state index contributed by atoms with van der Waals surface area (Å²) in [5, 5.41) is 0.272. The molecule has 1 aliphatic heterocycles. The van der Waals surface area contributed by atoms with Gasteiger partial charge in [-0.15, -0.1) is 0 Å². The number of rotatable bonds is 3. The van der Waals surface area contributed by atoms with Gasteiger partial charge in [0, 0.05) is 29.7 Å². The molecular weight excluding hydrogens is 301 g/mol. The SMILES string of the molecule is NCCC1CN(c2nc(C(F)(F)F)ns2)c2ccccc21. The fraction of sp³-hybridized carbons (Fsp3) is 0.385. The van der Waals surface area contributed by atoms with E-state index in [1.165, 1.54) is 0 Å². The molecule has 0 spiro atoms. The van der Waals surface area contributed by atoms with Gasteiger partial charge in [-0.1, -0.05) is 18.2 Å². The minimum Gasteiger partial charge on any atom is -0.330 e. The molecule has 0 saturated heterocycles. The van der Waals surface area contributed by atoms with Gasteiger partial charge >= 0.3 is 6.18 Å². The first-order valence-electron chi connectivity index (χ1n) is 6.48. The molecule has 1 aliphatic rings. The van der Waals surface area contributed by atoms with Crippen molar-refractivity contribution >= 4 is 22.4 Å². The number of aromatic nitrogens is 2. The van der Waals surface area contributed by atoms with Crippen LogP contribution in [0.4, 0.5) is 24.0 Å². The highest BCUT2D eigenvalue weighted by Crippen LogP contribution is 2.43. The summed E-state index contributed by atoms with van der Waals surface area (Å²) in [6, 6.07) is 7.66. The Morgan fingerprint density at radius 1 is 1.33 bits per heavy atom. The van der Waals surface area contributed by atoms with Crippen LogP contribution in [-0.4, -0.2) is 22.4 Å². The van der Waals surface area contributed by atoms with E-state index in [0.717, 1.165) is 29.2 Å². The van der Waals surface area contributed by atoms with Crippen LogP contribution in [0.2, 0.25) is 0 Å². The number of anilines is 2. The Hall–Kier alpha value is -1.67. The van der Waals surface area contributed by atoms with Gasteiger partial charge in [-0.05, 0) is 24.6 Å². The molecule has 4 nitrogen and oxygen atoms in total. The summed E-state index contributed by atoms with van der Waals surface area (Å²) in [4.78, 5) is 5.43. The van der Waals surface area contributed by atoms with Gasteiger partial charge in [0.25, 0.3) is 0 Å². The van der Waals surface area contributed by atoms with Crippen LogP contribution in [0.25, 0.3) is 0 Å². The second-order valence-electron chi connectivity index (χ2n) is 4.84. The molecule has 21 heavy (non-hydrogen) atoms. The van der Waals surface area contributed by atoms with Crippen molar-refractivity contribution in [2.45, 2.75) is 18.5 Å². The lowest BCUT2D eigenvalue weighted by atomic mass is 9.98. The Bertz CT molecular complexity index is 640. The molecule has 1 aromatic carbocycles. The highest BCUT2D eigenvalue weighted by atomic mass is 32.1. The predicted molar refractivity (Wildman–Crippen MR) is 74.8 cm³/mol. The molecule has 0 radical (unpaired) electrons. The first-order valence-corrected chi connectivity index (χ1v) is 7.25. The minimum absolute atomic E-state index is 0.212. The second-order valence-corrected chi connectivity index (χ2v) is 5.57. The maximum atomic E-state index is 12.6. The monoisotopic (exact) mass is 314 g/mol. The lowest BCUT2D eigenvalue weighted by molar-refractivity contribution is -0.144. The van der Waals surface area contributed by atoms with E-state index >= 15 is 0 Å². The number of hydrogen-bond acceptors (Lipinski definition) is 5. The summed E-state index contributed by atoms with van der Waals surface area (Å²) >= 11 is 0.771. The number of benzene rings is 1. The summed E-state index contributed by atoms with van der Waals surface area (Å²) in [6.07, 6.45) is -3.72. The number of para-hydroxylation sites is 1. The Kier molecular flexibility index (Phi) is 3.58. The molecule has 1 aromatic heterocycles. The molecule has 1 atom stereocenters. The standard InChI is InChI=1S/C13H13F3N4S/c14-13(15,16)11-18-12(21-19-11)20-7-8(5-6-17)9-3-1-2-4-10(9)20/h1-4,8H,5-7,17H2. The Morgan fingerprint density at radius 2 is 2.10 bits per heavy atom.